The summed E-state index contributed by atoms with van der Waals surface area (Å²) < 4.78 is 12.7. The van der Waals surface area contributed by atoms with Crippen LogP contribution in [-0.4, -0.2) is 23.0 Å². The van der Waals surface area contributed by atoms with Gasteiger partial charge < -0.3 is 10.4 Å². The maximum absolute atomic E-state index is 12.7. The van der Waals surface area contributed by atoms with Gasteiger partial charge in [-0.25, -0.2) is 4.39 Å². The summed E-state index contributed by atoms with van der Waals surface area (Å²) in [5.41, 5.74) is 0.340. The predicted octanol–water partition coefficient (Wildman–Crippen LogP) is 1.81. The topological polar surface area (TPSA) is 66.4 Å². The molecule has 0 bridgehead atoms. The molecule has 1 unspecified atom stereocenters. The minimum atomic E-state index is -0.925. The van der Waals surface area contributed by atoms with Crippen LogP contribution >= 0.6 is 0 Å². The molecule has 2 N–H and O–H groups in total. The van der Waals surface area contributed by atoms with Gasteiger partial charge in [-0.3, -0.25) is 9.59 Å². The van der Waals surface area contributed by atoms with Crippen LogP contribution in [0.3, 0.4) is 0 Å². The Hall–Kier alpha value is -1.91. The Morgan fingerprint density at radius 3 is 2.44 bits per heavy atom. The number of hydrogen-bond donors (Lipinski definition) is 2. The minimum Gasteiger partial charge on any atom is -0.481 e. The van der Waals surface area contributed by atoms with Gasteiger partial charge in [-0.05, 0) is 43.0 Å². The van der Waals surface area contributed by atoms with Crippen LogP contribution in [0.15, 0.2) is 24.3 Å². The van der Waals surface area contributed by atoms with E-state index in [1.165, 1.54) is 24.3 Å². The van der Waals surface area contributed by atoms with Crippen LogP contribution in [0.25, 0.3) is 0 Å². The van der Waals surface area contributed by atoms with E-state index in [-0.39, 0.29) is 24.3 Å². The molecule has 1 amide bonds. The zero-order valence-electron chi connectivity index (χ0n) is 9.73. The lowest BCUT2D eigenvalue weighted by atomic mass is 10.1. The van der Waals surface area contributed by atoms with Crippen LogP contribution in [0, 0.1) is 11.7 Å². The summed E-state index contributed by atoms with van der Waals surface area (Å²) in [6.45, 7) is 0. The van der Waals surface area contributed by atoms with Crippen molar-refractivity contribution in [2.24, 2.45) is 5.92 Å². The molecule has 5 heteroatoms. The van der Waals surface area contributed by atoms with Gasteiger partial charge in [0.15, 0.2) is 0 Å². The molecule has 0 heterocycles. The first-order valence-corrected chi connectivity index (χ1v) is 5.84. The number of carbonyl (C=O) groups is 2. The van der Waals surface area contributed by atoms with Crippen molar-refractivity contribution in [3.05, 3.63) is 35.6 Å². The maximum atomic E-state index is 12.7. The second kappa shape index (κ2) is 5.16. The fourth-order valence-corrected chi connectivity index (χ4v) is 1.88. The lowest BCUT2D eigenvalue weighted by Gasteiger charge is -2.16. The van der Waals surface area contributed by atoms with Crippen molar-refractivity contribution in [3.63, 3.8) is 0 Å². The van der Waals surface area contributed by atoms with Crippen molar-refractivity contribution in [3.8, 4) is 0 Å². The summed E-state index contributed by atoms with van der Waals surface area (Å²) in [7, 11) is 0. The van der Waals surface area contributed by atoms with Crippen molar-refractivity contribution in [1.82, 2.24) is 5.32 Å². The molecule has 18 heavy (non-hydrogen) atoms. The van der Waals surface area contributed by atoms with Crippen molar-refractivity contribution >= 4 is 11.9 Å². The van der Waals surface area contributed by atoms with Gasteiger partial charge in [-0.15, -0.1) is 0 Å². The number of carbonyl (C=O) groups excluding carboxylic acids is 1. The molecular formula is C13H14FNO3. The molecule has 2 rings (SSSR count). The van der Waals surface area contributed by atoms with Crippen LogP contribution in [-0.2, 0) is 4.79 Å². The third-order valence-electron chi connectivity index (χ3n) is 3.01. The third-order valence-corrected chi connectivity index (χ3v) is 3.01. The second-order valence-corrected chi connectivity index (χ2v) is 4.52. The fourth-order valence-electron chi connectivity index (χ4n) is 1.88. The number of nitrogens with one attached hydrogen (secondary N) is 1. The van der Waals surface area contributed by atoms with Crippen molar-refractivity contribution < 1.29 is 19.1 Å². The third kappa shape index (κ3) is 3.29. The largest absolute Gasteiger partial charge is 0.481 e. The highest BCUT2D eigenvalue weighted by atomic mass is 19.1. The summed E-state index contributed by atoms with van der Waals surface area (Å²) in [5.74, 6) is -1.43. The number of carboxylic acids is 1. The lowest BCUT2D eigenvalue weighted by molar-refractivity contribution is -0.137. The Morgan fingerprint density at radius 2 is 1.94 bits per heavy atom. The molecule has 1 fully saturated rings. The number of hydrogen-bond acceptors (Lipinski definition) is 2. The van der Waals surface area contributed by atoms with Crippen LogP contribution in [0.4, 0.5) is 4.39 Å². The molecule has 1 aliphatic rings. The molecule has 0 saturated heterocycles. The summed E-state index contributed by atoms with van der Waals surface area (Å²) in [5, 5.41) is 11.5. The molecule has 0 aliphatic heterocycles. The van der Waals surface area contributed by atoms with Gasteiger partial charge in [0, 0.05) is 11.6 Å². The average Bonchev–Trinajstić information content (AvgIpc) is 3.12. The Kier molecular flexibility index (Phi) is 3.60. The summed E-state index contributed by atoms with van der Waals surface area (Å²) >= 11 is 0. The summed E-state index contributed by atoms with van der Waals surface area (Å²) in [6.07, 6.45) is 1.82. The molecule has 4 nitrogen and oxygen atoms in total. The highest BCUT2D eigenvalue weighted by Crippen LogP contribution is 2.34. The number of amides is 1. The van der Waals surface area contributed by atoms with E-state index in [2.05, 4.69) is 5.32 Å². The highest BCUT2D eigenvalue weighted by Gasteiger charge is 2.33. The predicted molar refractivity (Wildman–Crippen MR) is 62.6 cm³/mol. The number of rotatable bonds is 5. The lowest BCUT2D eigenvalue weighted by Crippen LogP contribution is -2.38. The van der Waals surface area contributed by atoms with Crippen molar-refractivity contribution in [2.75, 3.05) is 0 Å². The van der Waals surface area contributed by atoms with Crippen molar-refractivity contribution in [2.45, 2.75) is 25.3 Å². The molecule has 1 aromatic rings. The van der Waals surface area contributed by atoms with Gasteiger partial charge in [0.05, 0.1) is 6.42 Å². The Labute approximate surface area is 104 Å². The minimum absolute atomic E-state index is 0.0718. The van der Waals surface area contributed by atoms with E-state index in [4.69, 9.17) is 5.11 Å². The van der Waals surface area contributed by atoms with Gasteiger partial charge in [-0.2, -0.15) is 0 Å². The molecule has 0 radical (unpaired) electrons. The first-order valence-electron chi connectivity index (χ1n) is 5.84. The number of halogens is 1. The highest BCUT2D eigenvalue weighted by molar-refractivity contribution is 5.94. The van der Waals surface area contributed by atoms with Gasteiger partial charge in [0.1, 0.15) is 5.82 Å². The van der Waals surface area contributed by atoms with E-state index >= 15 is 0 Å². The van der Waals surface area contributed by atoms with Gasteiger partial charge in [0.25, 0.3) is 5.91 Å². The van der Waals surface area contributed by atoms with E-state index in [1.54, 1.807) is 0 Å². The Morgan fingerprint density at radius 1 is 1.33 bits per heavy atom. The molecule has 1 aromatic carbocycles. The summed E-state index contributed by atoms with van der Waals surface area (Å²) in [6, 6.07) is 4.85. The zero-order valence-corrected chi connectivity index (χ0v) is 9.73. The van der Waals surface area contributed by atoms with E-state index in [1.807, 2.05) is 0 Å². The second-order valence-electron chi connectivity index (χ2n) is 4.52. The van der Waals surface area contributed by atoms with Crippen LogP contribution in [0.1, 0.15) is 29.6 Å². The van der Waals surface area contributed by atoms with Crippen LogP contribution in [0.2, 0.25) is 0 Å². The first-order chi connectivity index (χ1) is 8.56. The average molecular weight is 251 g/mol. The Bertz CT molecular complexity index is 454. The van der Waals surface area contributed by atoms with Gasteiger partial charge in [-0.1, -0.05) is 0 Å². The van der Waals surface area contributed by atoms with Crippen LogP contribution in [0.5, 0.6) is 0 Å². The number of aliphatic carboxylic acids is 1. The smallest absolute Gasteiger partial charge is 0.305 e. The quantitative estimate of drug-likeness (QED) is 0.838. The molecule has 96 valence electrons. The maximum Gasteiger partial charge on any atom is 0.305 e. The van der Waals surface area contributed by atoms with Crippen LogP contribution < -0.4 is 5.32 Å². The molecule has 0 spiro atoms. The first kappa shape index (κ1) is 12.5. The Balaban J connectivity index is 2.00. The molecular weight excluding hydrogens is 237 g/mol. The SMILES string of the molecule is O=C(O)CC(NC(=O)c1ccc(F)cc1)C1CC1. The monoisotopic (exact) mass is 251 g/mol. The van der Waals surface area contributed by atoms with E-state index < -0.39 is 11.8 Å². The number of carboxylic acid groups (broad SMARTS) is 1. The molecule has 1 atom stereocenters. The molecule has 0 aromatic heterocycles. The van der Waals surface area contributed by atoms with Gasteiger partial charge >= 0.3 is 5.97 Å². The van der Waals surface area contributed by atoms with Crippen molar-refractivity contribution in [1.29, 1.82) is 0 Å². The summed E-state index contributed by atoms with van der Waals surface area (Å²) in [4.78, 5) is 22.6. The molecule has 1 saturated carbocycles. The fraction of sp³-hybridized carbons (Fsp3) is 0.385. The van der Waals surface area contributed by atoms with Gasteiger partial charge in [0.2, 0.25) is 0 Å². The molecule has 1 aliphatic carbocycles. The normalized spacial score (nSPS) is 16.1. The van der Waals surface area contributed by atoms with E-state index in [0.717, 1.165) is 12.8 Å². The number of benzene rings is 1. The standard InChI is InChI=1S/C13H14FNO3/c14-10-5-3-9(4-6-10)13(18)15-11(7-12(16)17)8-1-2-8/h3-6,8,11H,1-2,7H2,(H,15,18)(H,16,17). The van der Waals surface area contributed by atoms with E-state index in [0.29, 0.717) is 5.56 Å². The zero-order chi connectivity index (χ0) is 13.1. The van der Waals surface area contributed by atoms with E-state index in [9.17, 15) is 14.0 Å².